The maximum absolute atomic E-state index is 12.7. The molecule has 0 saturated carbocycles. The summed E-state index contributed by atoms with van der Waals surface area (Å²) in [6.45, 7) is 3.85. The van der Waals surface area contributed by atoms with Crippen molar-refractivity contribution >= 4 is 34.7 Å². The van der Waals surface area contributed by atoms with E-state index in [1.54, 1.807) is 6.20 Å². The lowest BCUT2D eigenvalue weighted by Crippen LogP contribution is -2.32. The van der Waals surface area contributed by atoms with E-state index < -0.39 is 10.5 Å². The van der Waals surface area contributed by atoms with E-state index in [2.05, 4.69) is 16.9 Å². The average molecular weight is 409 g/mol. The first-order valence-electron chi connectivity index (χ1n) is 8.90. The minimum Gasteiger partial charge on any atom is -0.368 e. The molecule has 1 atom stereocenters. The zero-order chi connectivity index (χ0) is 19.4. The number of halogens is 1. The van der Waals surface area contributed by atoms with Crippen molar-refractivity contribution in [1.29, 1.82) is 0 Å². The van der Waals surface area contributed by atoms with Crippen molar-refractivity contribution in [2.45, 2.75) is 31.4 Å². The normalized spacial score (nSPS) is 17.6. The molecule has 0 spiro atoms. The second-order valence-corrected chi connectivity index (χ2v) is 8.31. The molecule has 144 valence electrons. The molecule has 1 saturated heterocycles. The fraction of sp³-hybridized carbons (Fsp3) is 0.444. The Labute approximate surface area is 166 Å². The molecule has 1 aromatic heterocycles. The predicted molar refractivity (Wildman–Crippen MR) is 109 cm³/mol. The van der Waals surface area contributed by atoms with Gasteiger partial charge in [-0.2, -0.15) is 21.5 Å². The topological polar surface area (TPSA) is 81.3 Å². The van der Waals surface area contributed by atoms with Gasteiger partial charge in [-0.25, -0.2) is 0 Å². The molecule has 1 aromatic carbocycles. The summed E-state index contributed by atoms with van der Waals surface area (Å²) < 4.78 is 1.17. The molecule has 1 aliphatic rings. The summed E-state index contributed by atoms with van der Waals surface area (Å²) in [7, 11) is 0. The number of hydrogen-bond acceptors (Lipinski definition) is 6. The van der Waals surface area contributed by atoms with Gasteiger partial charge in [-0.15, -0.1) is 0 Å². The fourth-order valence-electron chi connectivity index (χ4n) is 3.24. The Morgan fingerprint density at radius 3 is 2.74 bits per heavy atom. The van der Waals surface area contributed by atoms with E-state index in [0.717, 1.165) is 25.3 Å². The number of aromatic nitrogens is 2. The van der Waals surface area contributed by atoms with Gasteiger partial charge in [0.25, 0.3) is 11.2 Å². The number of hydrogen-bond donors (Lipinski definition) is 0. The molecule has 0 amide bonds. The van der Waals surface area contributed by atoms with E-state index in [-0.39, 0.29) is 10.7 Å². The van der Waals surface area contributed by atoms with Gasteiger partial charge in [0.2, 0.25) is 0 Å². The molecule has 9 heteroatoms. The highest BCUT2D eigenvalue weighted by Crippen LogP contribution is 2.28. The van der Waals surface area contributed by atoms with Gasteiger partial charge in [-0.1, -0.05) is 24.9 Å². The zero-order valence-corrected chi connectivity index (χ0v) is 16.6. The Bertz CT molecular complexity index is 872. The Kier molecular flexibility index (Phi) is 6.38. The Hall–Kier alpha value is -2.06. The molecule has 2 aromatic rings. The van der Waals surface area contributed by atoms with Crippen LogP contribution in [0.2, 0.25) is 5.02 Å². The fourth-order valence-corrected chi connectivity index (χ4v) is 4.58. The lowest BCUT2D eigenvalue weighted by atomic mass is 10.2. The van der Waals surface area contributed by atoms with E-state index in [1.165, 1.54) is 41.8 Å². The van der Waals surface area contributed by atoms with Gasteiger partial charge in [-0.3, -0.25) is 14.9 Å². The first-order chi connectivity index (χ1) is 13.0. The number of benzene rings is 1. The molecule has 1 unspecified atom stereocenters. The number of anilines is 1. The van der Waals surface area contributed by atoms with Gasteiger partial charge in [0.15, 0.2) is 0 Å². The van der Waals surface area contributed by atoms with Gasteiger partial charge in [0.05, 0.1) is 22.5 Å². The van der Waals surface area contributed by atoms with E-state index in [0.29, 0.717) is 16.6 Å². The molecule has 1 fully saturated rings. The van der Waals surface area contributed by atoms with Crippen LogP contribution in [0.1, 0.15) is 26.2 Å². The lowest BCUT2D eigenvalue weighted by molar-refractivity contribution is -0.384. The lowest BCUT2D eigenvalue weighted by Gasteiger charge is -2.26. The van der Waals surface area contributed by atoms with Crippen LogP contribution in [0.5, 0.6) is 0 Å². The highest BCUT2D eigenvalue weighted by molar-refractivity contribution is 7.99. The second-order valence-electron chi connectivity index (χ2n) is 6.35. The number of rotatable bonds is 5. The van der Waals surface area contributed by atoms with Gasteiger partial charge >= 0.3 is 0 Å². The Morgan fingerprint density at radius 1 is 1.33 bits per heavy atom. The molecule has 3 rings (SSSR count). The van der Waals surface area contributed by atoms with Crippen LogP contribution >= 0.6 is 23.4 Å². The molecule has 0 N–H and O–H groups in total. The smallest absolute Gasteiger partial charge is 0.292 e. The van der Waals surface area contributed by atoms with Crippen molar-refractivity contribution in [2.24, 2.45) is 0 Å². The van der Waals surface area contributed by atoms with E-state index in [4.69, 9.17) is 11.6 Å². The summed E-state index contributed by atoms with van der Waals surface area (Å²) in [5, 5.41) is 15.7. The summed E-state index contributed by atoms with van der Waals surface area (Å²) in [5.74, 6) is 1.06. The zero-order valence-electron chi connectivity index (χ0n) is 15.0. The van der Waals surface area contributed by atoms with E-state index in [1.807, 2.05) is 11.8 Å². The van der Waals surface area contributed by atoms with Gasteiger partial charge in [0, 0.05) is 30.5 Å². The average Bonchev–Trinajstić information content (AvgIpc) is 2.90. The third-order valence-electron chi connectivity index (χ3n) is 4.58. The summed E-state index contributed by atoms with van der Waals surface area (Å²) in [6.07, 6.45) is 5.01. The van der Waals surface area contributed by atoms with Crippen LogP contribution in [-0.4, -0.2) is 38.8 Å². The maximum Gasteiger partial charge on any atom is 0.292 e. The molecule has 0 bridgehead atoms. The van der Waals surface area contributed by atoms with Crippen molar-refractivity contribution in [2.75, 3.05) is 23.7 Å². The summed E-state index contributed by atoms with van der Waals surface area (Å²) in [4.78, 5) is 25.2. The largest absolute Gasteiger partial charge is 0.368 e. The third kappa shape index (κ3) is 4.44. The number of thioether (sulfide) groups is 1. The van der Waals surface area contributed by atoms with E-state index >= 15 is 0 Å². The van der Waals surface area contributed by atoms with E-state index in [9.17, 15) is 14.9 Å². The number of nitro benzene ring substituents is 1. The first kappa shape index (κ1) is 19.7. The van der Waals surface area contributed by atoms with Gasteiger partial charge in [0.1, 0.15) is 5.02 Å². The summed E-state index contributed by atoms with van der Waals surface area (Å²) in [5.41, 5.74) is 0.628. The summed E-state index contributed by atoms with van der Waals surface area (Å²) in [6, 6.07) is 5.66. The van der Waals surface area contributed by atoms with Crippen LogP contribution in [-0.2, 0) is 0 Å². The monoisotopic (exact) mass is 408 g/mol. The molecule has 27 heavy (non-hydrogen) atoms. The van der Waals surface area contributed by atoms with Crippen molar-refractivity contribution in [3.8, 4) is 5.69 Å². The number of nitrogens with zero attached hydrogens (tertiary/aromatic N) is 4. The molecule has 0 aliphatic carbocycles. The Morgan fingerprint density at radius 2 is 2.07 bits per heavy atom. The molecular weight excluding hydrogens is 388 g/mol. The van der Waals surface area contributed by atoms with Crippen LogP contribution in [0.3, 0.4) is 0 Å². The molecular formula is C18H21ClN4O3S. The number of non-ortho nitro benzene ring substituents is 1. The quantitative estimate of drug-likeness (QED) is 0.551. The van der Waals surface area contributed by atoms with Crippen LogP contribution in [0.15, 0.2) is 35.3 Å². The highest BCUT2D eigenvalue weighted by Gasteiger charge is 2.22. The SMILES string of the molecule is CCSC1CCCCN(c2cnn(-c3ccc([N+](=O)[O-])cc3)c(=O)c2Cl)C1. The number of nitro groups is 1. The van der Waals surface area contributed by atoms with Crippen LogP contribution in [0.4, 0.5) is 11.4 Å². The van der Waals surface area contributed by atoms with Crippen molar-refractivity contribution < 1.29 is 4.92 Å². The predicted octanol–water partition coefficient (Wildman–Crippen LogP) is 3.91. The van der Waals surface area contributed by atoms with Crippen molar-refractivity contribution in [1.82, 2.24) is 9.78 Å². The maximum atomic E-state index is 12.7. The van der Waals surface area contributed by atoms with Crippen molar-refractivity contribution in [3.05, 3.63) is 56.0 Å². The molecule has 7 nitrogen and oxygen atoms in total. The van der Waals surface area contributed by atoms with Crippen molar-refractivity contribution in [3.63, 3.8) is 0 Å². The minimum atomic E-state index is -0.486. The highest BCUT2D eigenvalue weighted by atomic mass is 35.5. The van der Waals surface area contributed by atoms with Gasteiger partial charge < -0.3 is 4.90 Å². The van der Waals surface area contributed by atoms with Gasteiger partial charge in [-0.05, 0) is 30.7 Å². The minimum absolute atomic E-state index is 0.0430. The second kappa shape index (κ2) is 8.75. The third-order valence-corrected chi connectivity index (χ3v) is 6.12. The molecule has 2 heterocycles. The van der Waals surface area contributed by atoms with Crippen LogP contribution in [0, 0.1) is 10.1 Å². The molecule has 0 radical (unpaired) electrons. The summed E-state index contributed by atoms with van der Waals surface area (Å²) >= 11 is 8.35. The van der Waals surface area contributed by atoms with Crippen LogP contribution < -0.4 is 10.5 Å². The standard InChI is InChI=1S/C18H21ClN4O3S/c1-2-27-15-5-3-4-10-21(12-15)16-11-20-22(18(24)17(16)19)13-6-8-14(9-7-13)23(25)26/h6-9,11,15H,2-5,10,12H2,1H3. The Balaban J connectivity index is 1.90. The first-order valence-corrected chi connectivity index (χ1v) is 10.3. The molecule has 1 aliphatic heterocycles. The van der Waals surface area contributed by atoms with Crippen LogP contribution in [0.25, 0.3) is 5.69 Å².